The fraction of sp³-hybridized carbons (Fsp3) is 0.250. The van der Waals surface area contributed by atoms with Crippen LogP contribution in [0.3, 0.4) is 0 Å². The van der Waals surface area contributed by atoms with E-state index in [1.165, 1.54) is 5.69 Å². The van der Waals surface area contributed by atoms with E-state index in [0.717, 1.165) is 23.5 Å². The number of hydrazone groups is 1. The predicted molar refractivity (Wildman–Crippen MR) is 92.2 cm³/mol. The highest BCUT2D eigenvalue weighted by Gasteiger charge is 2.08. The summed E-state index contributed by atoms with van der Waals surface area (Å²) in [5.41, 5.74) is 7.36. The van der Waals surface area contributed by atoms with E-state index in [2.05, 4.69) is 52.5 Å². The van der Waals surface area contributed by atoms with Gasteiger partial charge in [-0.25, -0.2) is 0 Å². The number of nitrogens with zero attached hydrogens (tertiary/aromatic N) is 2. The standard InChI is InChI=1S/C16H20N4S/c1-4-17-16(21)19-18-11-14-10-12(2)20(13(14)3)15-8-6-5-7-9-15/h5-11H,4H2,1-3H3,(H2,17,19,21)/b18-11-. The molecule has 0 saturated heterocycles. The van der Waals surface area contributed by atoms with Crippen molar-refractivity contribution in [1.29, 1.82) is 0 Å². The Morgan fingerprint density at radius 2 is 2.00 bits per heavy atom. The van der Waals surface area contributed by atoms with Gasteiger partial charge in [-0.3, -0.25) is 5.43 Å². The van der Waals surface area contributed by atoms with Gasteiger partial charge in [-0.15, -0.1) is 0 Å². The van der Waals surface area contributed by atoms with Crippen LogP contribution in [0.5, 0.6) is 0 Å². The molecule has 4 nitrogen and oxygen atoms in total. The minimum absolute atomic E-state index is 0.533. The minimum atomic E-state index is 0.533. The van der Waals surface area contributed by atoms with E-state index in [9.17, 15) is 0 Å². The lowest BCUT2D eigenvalue weighted by atomic mass is 10.2. The zero-order chi connectivity index (χ0) is 15.2. The van der Waals surface area contributed by atoms with Gasteiger partial charge in [0.25, 0.3) is 0 Å². The van der Waals surface area contributed by atoms with Crippen molar-refractivity contribution in [2.45, 2.75) is 20.8 Å². The number of aryl methyl sites for hydroxylation is 1. The van der Waals surface area contributed by atoms with Gasteiger partial charge < -0.3 is 9.88 Å². The van der Waals surface area contributed by atoms with Crippen LogP contribution in [0.2, 0.25) is 0 Å². The van der Waals surface area contributed by atoms with Crippen LogP contribution < -0.4 is 10.7 Å². The van der Waals surface area contributed by atoms with E-state index in [4.69, 9.17) is 12.2 Å². The van der Waals surface area contributed by atoms with Crippen molar-refractivity contribution in [3.63, 3.8) is 0 Å². The third-order valence-corrected chi connectivity index (χ3v) is 3.43. The molecule has 0 unspecified atom stereocenters. The minimum Gasteiger partial charge on any atom is -0.362 e. The van der Waals surface area contributed by atoms with Gasteiger partial charge in [0.05, 0.1) is 6.21 Å². The van der Waals surface area contributed by atoms with Gasteiger partial charge in [0.15, 0.2) is 5.11 Å². The molecule has 0 amide bonds. The van der Waals surface area contributed by atoms with Gasteiger partial charge in [-0.1, -0.05) is 18.2 Å². The highest BCUT2D eigenvalue weighted by Crippen LogP contribution is 2.19. The molecule has 0 saturated carbocycles. The average molecular weight is 300 g/mol. The number of para-hydroxylation sites is 1. The van der Waals surface area contributed by atoms with Crippen LogP contribution in [0.4, 0.5) is 0 Å². The van der Waals surface area contributed by atoms with Crippen LogP contribution in [0, 0.1) is 13.8 Å². The third kappa shape index (κ3) is 3.70. The summed E-state index contributed by atoms with van der Waals surface area (Å²) in [6, 6.07) is 12.4. The number of hydrogen-bond donors (Lipinski definition) is 2. The van der Waals surface area contributed by atoms with Gasteiger partial charge in [-0.05, 0) is 51.2 Å². The topological polar surface area (TPSA) is 41.4 Å². The monoisotopic (exact) mass is 300 g/mol. The quantitative estimate of drug-likeness (QED) is 0.518. The molecule has 0 aliphatic carbocycles. The molecule has 0 spiro atoms. The van der Waals surface area contributed by atoms with Gasteiger partial charge in [0.1, 0.15) is 0 Å². The number of aromatic nitrogens is 1. The van der Waals surface area contributed by atoms with Crippen molar-refractivity contribution < 1.29 is 0 Å². The molecule has 2 aromatic rings. The molecule has 1 aromatic heterocycles. The lowest BCUT2D eigenvalue weighted by Crippen LogP contribution is -2.31. The highest BCUT2D eigenvalue weighted by molar-refractivity contribution is 7.80. The Bertz CT molecular complexity index is 644. The fourth-order valence-electron chi connectivity index (χ4n) is 2.25. The number of nitrogens with one attached hydrogen (secondary N) is 2. The van der Waals surface area contributed by atoms with Crippen LogP contribution in [0.25, 0.3) is 5.69 Å². The highest BCUT2D eigenvalue weighted by atomic mass is 32.1. The fourth-order valence-corrected chi connectivity index (χ4v) is 2.45. The maximum Gasteiger partial charge on any atom is 0.186 e. The zero-order valence-electron chi connectivity index (χ0n) is 12.6. The van der Waals surface area contributed by atoms with Crippen LogP contribution in [-0.2, 0) is 0 Å². The molecule has 1 aromatic carbocycles. The van der Waals surface area contributed by atoms with E-state index in [-0.39, 0.29) is 0 Å². The molecule has 2 rings (SSSR count). The molecule has 0 aliphatic rings. The summed E-state index contributed by atoms with van der Waals surface area (Å²) in [6.07, 6.45) is 1.80. The Kier molecular flexibility index (Phi) is 5.11. The Balaban J connectivity index is 2.20. The first-order chi connectivity index (χ1) is 10.1. The molecule has 2 N–H and O–H groups in total. The molecule has 0 bridgehead atoms. The van der Waals surface area contributed by atoms with Gasteiger partial charge in [0.2, 0.25) is 0 Å². The summed E-state index contributed by atoms with van der Waals surface area (Å²) in [4.78, 5) is 0. The smallest absolute Gasteiger partial charge is 0.186 e. The summed E-state index contributed by atoms with van der Waals surface area (Å²) in [7, 11) is 0. The van der Waals surface area contributed by atoms with Crippen LogP contribution in [0.1, 0.15) is 23.9 Å². The molecule has 0 fully saturated rings. The molecule has 0 atom stereocenters. The van der Waals surface area contributed by atoms with Crippen LogP contribution in [-0.4, -0.2) is 22.4 Å². The summed E-state index contributed by atoms with van der Waals surface area (Å²) in [5, 5.41) is 7.70. The summed E-state index contributed by atoms with van der Waals surface area (Å²) in [5.74, 6) is 0. The number of hydrogen-bond acceptors (Lipinski definition) is 2. The summed E-state index contributed by atoms with van der Waals surface area (Å²) >= 11 is 5.07. The van der Waals surface area contributed by atoms with E-state index < -0.39 is 0 Å². The number of benzene rings is 1. The summed E-state index contributed by atoms with van der Waals surface area (Å²) in [6.45, 7) is 6.95. The van der Waals surface area contributed by atoms with Crippen molar-refractivity contribution in [3.8, 4) is 5.69 Å². The molecule has 0 aliphatic heterocycles. The van der Waals surface area contributed by atoms with E-state index >= 15 is 0 Å². The second-order valence-electron chi connectivity index (χ2n) is 4.73. The molecule has 1 heterocycles. The van der Waals surface area contributed by atoms with Crippen molar-refractivity contribution in [1.82, 2.24) is 15.3 Å². The van der Waals surface area contributed by atoms with Crippen molar-refractivity contribution >= 4 is 23.5 Å². The summed E-state index contributed by atoms with van der Waals surface area (Å²) < 4.78 is 2.21. The molecular formula is C16H20N4S. The maximum atomic E-state index is 5.07. The zero-order valence-corrected chi connectivity index (χ0v) is 13.4. The number of thiocarbonyl (C=S) groups is 1. The number of rotatable bonds is 4. The first-order valence-electron chi connectivity index (χ1n) is 6.94. The Morgan fingerprint density at radius 1 is 1.29 bits per heavy atom. The van der Waals surface area contributed by atoms with E-state index in [1.54, 1.807) is 6.21 Å². The van der Waals surface area contributed by atoms with Crippen molar-refractivity contribution in [2.24, 2.45) is 5.10 Å². The lowest BCUT2D eigenvalue weighted by molar-refractivity contribution is 0.903. The molecule has 110 valence electrons. The molecule has 21 heavy (non-hydrogen) atoms. The van der Waals surface area contributed by atoms with E-state index in [0.29, 0.717) is 5.11 Å². The molecule has 0 radical (unpaired) electrons. The first-order valence-corrected chi connectivity index (χ1v) is 7.35. The first kappa shape index (κ1) is 15.3. The lowest BCUT2D eigenvalue weighted by Gasteiger charge is -2.09. The van der Waals surface area contributed by atoms with Crippen LogP contribution in [0.15, 0.2) is 41.5 Å². The predicted octanol–water partition coefficient (Wildman–Crippen LogP) is 2.91. The van der Waals surface area contributed by atoms with Crippen LogP contribution >= 0.6 is 12.2 Å². The SMILES string of the molecule is CCNC(=S)N/N=C\c1cc(C)n(-c2ccccc2)c1C. The van der Waals surface area contributed by atoms with Gasteiger partial charge in [-0.2, -0.15) is 5.10 Å². The Labute approximate surface area is 130 Å². The third-order valence-electron chi connectivity index (χ3n) is 3.19. The van der Waals surface area contributed by atoms with Crippen molar-refractivity contribution in [2.75, 3.05) is 6.54 Å². The van der Waals surface area contributed by atoms with Crippen molar-refractivity contribution in [3.05, 3.63) is 53.3 Å². The van der Waals surface area contributed by atoms with Gasteiger partial charge >= 0.3 is 0 Å². The second kappa shape index (κ2) is 7.04. The normalized spacial score (nSPS) is 10.8. The molecule has 5 heteroatoms. The van der Waals surface area contributed by atoms with E-state index in [1.807, 2.05) is 25.1 Å². The largest absolute Gasteiger partial charge is 0.362 e. The average Bonchev–Trinajstić information content (AvgIpc) is 2.75. The Morgan fingerprint density at radius 3 is 2.67 bits per heavy atom. The molecular weight excluding hydrogens is 280 g/mol. The second-order valence-corrected chi connectivity index (χ2v) is 5.14. The Hall–Kier alpha value is -2.14. The van der Waals surface area contributed by atoms with Gasteiger partial charge in [0, 0.05) is 29.2 Å². The maximum absolute atomic E-state index is 5.07.